The number of rotatable bonds is 4. The average molecular weight is 395 g/mol. The monoisotopic (exact) mass is 395 g/mol. The fraction of sp³-hybridized carbons (Fsp3) is 0.118. The molecule has 2 heterocycles. The second kappa shape index (κ2) is 7.23. The number of benzene rings is 1. The minimum atomic E-state index is -4.65. The summed E-state index contributed by atoms with van der Waals surface area (Å²) in [6.45, 7) is -0.710. The van der Waals surface area contributed by atoms with Crippen LogP contribution in [0.3, 0.4) is 0 Å². The van der Waals surface area contributed by atoms with Gasteiger partial charge in [-0.05, 0) is 29.7 Å². The van der Waals surface area contributed by atoms with Gasteiger partial charge in [0, 0.05) is 4.88 Å². The van der Waals surface area contributed by atoms with Crippen LogP contribution in [0.4, 0.5) is 23.7 Å². The summed E-state index contributed by atoms with van der Waals surface area (Å²) >= 11 is 1.35. The normalized spacial score (nSPS) is 16.0. The summed E-state index contributed by atoms with van der Waals surface area (Å²) in [5.74, 6) is -1.65. The molecule has 140 valence electrons. The zero-order valence-corrected chi connectivity index (χ0v) is 14.4. The van der Waals surface area contributed by atoms with Crippen molar-refractivity contribution in [3.8, 4) is 0 Å². The van der Waals surface area contributed by atoms with Crippen LogP contribution in [0, 0.1) is 0 Å². The number of carbonyl (C=O) groups is 3. The fourth-order valence-corrected chi connectivity index (χ4v) is 3.06. The lowest BCUT2D eigenvalue weighted by atomic mass is 10.1. The van der Waals surface area contributed by atoms with Gasteiger partial charge in [0.05, 0.1) is 11.3 Å². The molecule has 2 N–H and O–H groups in total. The van der Waals surface area contributed by atoms with Crippen LogP contribution in [0.25, 0.3) is 6.08 Å². The molecule has 1 fully saturated rings. The van der Waals surface area contributed by atoms with Gasteiger partial charge in [0.25, 0.3) is 5.91 Å². The lowest BCUT2D eigenvalue weighted by molar-refractivity contribution is -0.137. The number of thiophene rings is 1. The lowest BCUT2D eigenvalue weighted by Crippen LogP contribution is -2.38. The summed E-state index contributed by atoms with van der Waals surface area (Å²) in [4.78, 5) is 37.7. The number of nitrogens with one attached hydrogen (secondary N) is 2. The second-order valence-corrected chi connectivity index (χ2v) is 6.47. The molecule has 2 aromatic rings. The molecule has 0 unspecified atom stereocenters. The van der Waals surface area contributed by atoms with Gasteiger partial charge in [0.1, 0.15) is 12.2 Å². The van der Waals surface area contributed by atoms with Crippen LogP contribution < -0.4 is 10.6 Å². The lowest BCUT2D eigenvalue weighted by Gasteiger charge is -2.15. The highest BCUT2D eigenvalue weighted by atomic mass is 32.1. The van der Waals surface area contributed by atoms with Crippen LogP contribution >= 0.6 is 11.3 Å². The molecule has 0 aliphatic carbocycles. The van der Waals surface area contributed by atoms with Gasteiger partial charge in [-0.15, -0.1) is 11.3 Å². The SMILES string of the molecule is O=C(CN1C(=O)N/C(=C\c2cccs2)C1=O)Nc1ccccc1C(F)(F)F. The third-order valence-electron chi connectivity index (χ3n) is 3.60. The molecule has 27 heavy (non-hydrogen) atoms. The van der Waals surface area contributed by atoms with E-state index in [0.717, 1.165) is 17.0 Å². The van der Waals surface area contributed by atoms with Gasteiger partial charge in [0.15, 0.2) is 0 Å². The predicted octanol–water partition coefficient (Wildman–Crippen LogP) is 3.30. The van der Waals surface area contributed by atoms with E-state index < -0.39 is 41.8 Å². The summed E-state index contributed by atoms with van der Waals surface area (Å²) in [5, 5.41) is 6.23. The van der Waals surface area contributed by atoms with E-state index in [0.29, 0.717) is 4.90 Å². The summed E-state index contributed by atoms with van der Waals surface area (Å²) < 4.78 is 38.9. The first kappa shape index (κ1) is 18.6. The molecule has 1 aliphatic rings. The van der Waals surface area contributed by atoms with E-state index in [2.05, 4.69) is 10.6 Å². The largest absolute Gasteiger partial charge is 0.418 e. The predicted molar refractivity (Wildman–Crippen MR) is 92.6 cm³/mol. The Morgan fingerprint density at radius 2 is 1.93 bits per heavy atom. The van der Waals surface area contributed by atoms with Crippen LogP contribution in [-0.2, 0) is 15.8 Å². The van der Waals surface area contributed by atoms with E-state index in [1.54, 1.807) is 17.5 Å². The fourth-order valence-electron chi connectivity index (χ4n) is 2.40. The van der Waals surface area contributed by atoms with Crippen molar-refractivity contribution in [3.05, 3.63) is 57.9 Å². The molecule has 1 aliphatic heterocycles. The van der Waals surface area contributed by atoms with Crippen molar-refractivity contribution in [2.75, 3.05) is 11.9 Å². The maximum atomic E-state index is 13.0. The number of urea groups is 1. The van der Waals surface area contributed by atoms with E-state index >= 15 is 0 Å². The summed E-state index contributed by atoms with van der Waals surface area (Å²) in [6.07, 6.45) is -3.19. The number of hydrogen-bond acceptors (Lipinski definition) is 4. The smallest absolute Gasteiger partial charge is 0.324 e. The van der Waals surface area contributed by atoms with Crippen LogP contribution in [-0.4, -0.2) is 29.3 Å². The second-order valence-electron chi connectivity index (χ2n) is 5.49. The van der Waals surface area contributed by atoms with Gasteiger partial charge >= 0.3 is 12.2 Å². The third-order valence-corrected chi connectivity index (χ3v) is 4.42. The summed E-state index contributed by atoms with van der Waals surface area (Å²) in [7, 11) is 0. The van der Waals surface area contributed by atoms with Crippen LogP contribution in [0.2, 0.25) is 0 Å². The van der Waals surface area contributed by atoms with Gasteiger partial charge < -0.3 is 10.6 Å². The average Bonchev–Trinajstić information content (AvgIpc) is 3.19. The van der Waals surface area contributed by atoms with Gasteiger partial charge in [0.2, 0.25) is 5.91 Å². The first-order chi connectivity index (χ1) is 12.8. The van der Waals surface area contributed by atoms with Crippen molar-refractivity contribution >= 4 is 40.9 Å². The number of imide groups is 1. The molecule has 0 radical (unpaired) electrons. The van der Waals surface area contributed by atoms with Gasteiger partial charge in [-0.3, -0.25) is 9.59 Å². The number of halogens is 3. The Bertz CT molecular complexity index is 923. The summed E-state index contributed by atoms with van der Waals surface area (Å²) in [5.41, 5.74) is -1.48. The Balaban J connectivity index is 1.72. The van der Waals surface area contributed by atoms with Crippen molar-refractivity contribution in [1.29, 1.82) is 0 Å². The van der Waals surface area contributed by atoms with Crippen LogP contribution in [0.1, 0.15) is 10.4 Å². The Labute approximate surface area is 155 Å². The number of alkyl halides is 3. The van der Waals surface area contributed by atoms with Crippen molar-refractivity contribution in [2.24, 2.45) is 0 Å². The van der Waals surface area contributed by atoms with Crippen molar-refractivity contribution < 1.29 is 27.6 Å². The first-order valence-corrected chi connectivity index (χ1v) is 8.48. The summed E-state index contributed by atoms with van der Waals surface area (Å²) in [6, 6.07) is 7.13. The van der Waals surface area contributed by atoms with E-state index in [9.17, 15) is 27.6 Å². The Kier molecular flexibility index (Phi) is 5.00. The molecular weight excluding hydrogens is 383 g/mol. The Hall–Kier alpha value is -3.14. The van der Waals surface area contributed by atoms with E-state index in [4.69, 9.17) is 0 Å². The molecule has 0 atom stereocenters. The zero-order valence-electron chi connectivity index (χ0n) is 13.5. The highest BCUT2D eigenvalue weighted by molar-refractivity contribution is 7.10. The topological polar surface area (TPSA) is 78.5 Å². The van der Waals surface area contributed by atoms with Crippen LogP contribution in [0.15, 0.2) is 47.5 Å². The first-order valence-electron chi connectivity index (χ1n) is 7.60. The van der Waals surface area contributed by atoms with Gasteiger partial charge in [-0.1, -0.05) is 18.2 Å². The minimum absolute atomic E-state index is 0.00839. The van der Waals surface area contributed by atoms with Gasteiger partial charge in [-0.25, -0.2) is 9.69 Å². The van der Waals surface area contributed by atoms with Crippen molar-refractivity contribution in [3.63, 3.8) is 0 Å². The number of para-hydroxylation sites is 1. The quantitative estimate of drug-likeness (QED) is 0.616. The van der Waals surface area contributed by atoms with E-state index in [-0.39, 0.29) is 5.70 Å². The molecule has 1 saturated heterocycles. The molecule has 3 rings (SSSR count). The standard InChI is InChI=1S/C17H12F3N3O3S/c18-17(19,20)11-5-1-2-6-12(11)21-14(24)9-23-15(25)13(22-16(23)26)8-10-4-3-7-27-10/h1-8H,9H2,(H,21,24)(H,22,26)/b13-8-. The minimum Gasteiger partial charge on any atom is -0.324 e. The molecule has 0 saturated carbocycles. The molecule has 0 bridgehead atoms. The molecule has 0 spiro atoms. The number of nitrogens with zero attached hydrogens (tertiary/aromatic N) is 1. The highest BCUT2D eigenvalue weighted by Gasteiger charge is 2.36. The third kappa shape index (κ3) is 4.17. The molecular formula is C17H12F3N3O3S. The maximum Gasteiger partial charge on any atom is 0.418 e. The van der Waals surface area contributed by atoms with Crippen molar-refractivity contribution in [2.45, 2.75) is 6.18 Å². The van der Waals surface area contributed by atoms with E-state index in [1.807, 2.05) is 0 Å². The Morgan fingerprint density at radius 3 is 2.59 bits per heavy atom. The number of anilines is 1. The van der Waals surface area contributed by atoms with Crippen LogP contribution in [0.5, 0.6) is 0 Å². The number of hydrogen-bond donors (Lipinski definition) is 2. The van der Waals surface area contributed by atoms with Gasteiger partial charge in [-0.2, -0.15) is 13.2 Å². The Morgan fingerprint density at radius 1 is 1.19 bits per heavy atom. The van der Waals surface area contributed by atoms with Crippen molar-refractivity contribution in [1.82, 2.24) is 10.2 Å². The zero-order chi connectivity index (χ0) is 19.6. The molecule has 1 aromatic heterocycles. The molecule has 10 heteroatoms. The molecule has 6 nitrogen and oxygen atoms in total. The number of amides is 4. The number of carbonyl (C=O) groups excluding carboxylic acids is 3. The molecule has 4 amide bonds. The maximum absolute atomic E-state index is 13.0. The van der Waals surface area contributed by atoms with E-state index in [1.165, 1.54) is 29.5 Å². The highest BCUT2D eigenvalue weighted by Crippen LogP contribution is 2.34. The molecule has 1 aromatic carbocycles.